The van der Waals surface area contributed by atoms with Crippen molar-refractivity contribution < 1.29 is 9.50 Å². The van der Waals surface area contributed by atoms with E-state index in [1.54, 1.807) is 6.07 Å². The first-order valence-electron chi connectivity index (χ1n) is 5.55. The van der Waals surface area contributed by atoms with Crippen molar-refractivity contribution >= 4 is 0 Å². The summed E-state index contributed by atoms with van der Waals surface area (Å²) >= 11 is 0. The quantitative estimate of drug-likeness (QED) is 0.790. The normalized spacial score (nSPS) is 19.0. The maximum Gasteiger partial charge on any atom is 0.126 e. The number of benzene rings is 1. The molecule has 1 aliphatic rings. The Kier molecular flexibility index (Phi) is 2.55. The van der Waals surface area contributed by atoms with Crippen LogP contribution < -0.4 is 0 Å². The van der Waals surface area contributed by atoms with Crippen LogP contribution in [0.3, 0.4) is 0 Å². The van der Waals surface area contributed by atoms with Gasteiger partial charge in [-0.15, -0.1) is 0 Å². The molecule has 0 radical (unpaired) electrons. The van der Waals surface area contributed by atoms with Gasteiger partial charge in [0.25, 0.3) is 0 Å². The van der Waals surface area contributed by atoms with Crippen LogP contribution >= 0.6 is 0 Å². The summed E-state index contributed by atoms with van der Waals surface area (Å²) in [5.74, 6) is -0.00898. The highest BCUT2D eigenvalue weighted by Crippen LogP contribution is 2.41. The van der Waals surface area contributed by atoms with Crippen LogP contribution in [-0.2, 0) is 5.60 Å². The van der Waals surface area contributed by atoms with Gasteiger partial charge in [0.2, 0.25) is 0 Å². The zero-order chi connectivity index (χ0) is 11.1. The third-order valence-corrected chi connectivity index (χ3v) is 3.34. The van der Waals surface area contributed by atoms with Crippen LogP contribution in [0.2, 0.25) is 0 Å². The van der Waals surface area contributed by atoms with E-state index >= 15 is 0 Å². The molecule has 0 atom stereocenters. The Labute approximate surface area is 89.9 Å². The van der Waals surface area contributed by atoms with Crippen molar-refractivity contribution in [2.75, 3.05) is 0 Å². The fraction of sp³-hybridized carbons (Fsp3) is 0.538. The number of aliphatic hydroxyl groups is 1. The van der Waals surface area contributed by atoms with Crippen molar-refractivity contribution in [3.8, 4) is 0 Å². The van der Waals surface area contributed by atoms with Crippen LogP contribution in [0.4, 0.5) is 4.39 Å². The minimum absolute atomic E-state index is 0.161. The Morgan fingerprint density at radius 1 is 1.33 bits per heavy atom. The predicted octanol–water partition coefficient (Wildman–Crippen LogP) is 3.32. The molecule has 0 saturated heterocycles. The fourth-order valence-corrected chi connectivity index (χ4v) is 2.08. The zero-order valence-corrected chi connectivity index (χ0v) is 9.26. The number of hydrogen-bond acceptors (Lipinski definition) is 1. The van der Waals surface area contributed by atoms with Crippen molar-refractivity contribution in [2.24, 2.45) is 0 Å². The highest BCUT2D eigenvalue weighted by molar-refractivity contribution is 5.32. The van der Waals surface area contributed by atoms with E-state index in [-0.39, 0.29) is 11.7 Å². The molecule has 1 aromatic rings. The molecule has 0 bridgehead atoms. The molecule has 1 aliphatic carbocycles. The second-order valence-corrected chi connectivity index (χ2v) is 4.78. The standard InChI is InChI=1S/C13H17FO/c1-9(2)11-8-10(4-5-12(11)14)13(15)6-3-7-13/h4-5,8-9,15H,3,6-7H2,1-2H3. The summed E-state index contributed by atoms with van der Waals surface area (Å²) in [4.78, 5) is 0. The lowest BCUT2D eigenvalue weighted by atomic mass is 9.74. The second-order valence-electron chi connectivity index (χ2n) is 4.78. The summed E-state index contributed by atoms with van der Waals surface area (Å²) in [6.07, 6.45) is 2.66. The second kappa shape index (κ2) is 3.60. The van der Waals surface area contributed by atoms with Gasteiger partial charge in [-0.2, -0.15) is 0 Å². The maximum atomic E-state index is 13.4. The van der Waals surface area contributed by atoms with Crippen LogP contribution in [0.1, 0.15) is 50.2 Å². The van der Waals surface area contributed by atoms with Gasteiger partial charge in [-0.25, -0.2) is 4.39 Å². The van der Waals surface area contributed by atoms with E-state index in [2.05, 4.69) is 0 Å². The molecule has 2 heteroatoms. The van der Waals surface area contributed by atoms with Gasteiger partial charge in [0.15, 0.2) is 0 Å². The van der Waals surface area contributed by atoms with Gasteiger partial charge in [0.1, 0.15) is 5.82 Å². The summed E-state index contributed by atoms with van der Waals surface area (Å²) in [6.45, 7) is 3.93. The molecule has 0 spiro atoms. The van der Waals surface area contributed by atoms with Gasteiger partial charge < -0.3 is 5.11 Å². The first-order valence-corrected chi connectivity index (χ1v) is 5.55. The summed E-state index contributed by atoms with van der Waals surface area (Å²) in [6, 6.07) is 5.00. The Bertz CT molecular complexity index is 367. The van der Waals surface area contributed by atoms with E-state index in [0.29, 0.717) is 5.56 Å². The lowest BCUT2D eigenvalue weighted by Gasteiger charge is -2.37. The molecule has 0 heterocycles. The number of rotatable bonds is 2. The first-order chi connectivity index (χ1) is 7.03. The minimum Gasteiger partial charge on any atom is -0.385 e. The molecule has 15 heavy (non-hydrogen) atoms. The summed E-state index contributed by atoms with van der Waals surface area (Å²) in [7, 11) is 0. The van der Waals surface area contributed by atoms with E-state index < -0.39 is 5.60 Å². The highest BCUT2D eigenvalue weighted by atomic mass is 19.1. The molecule has 2 rings (SSSR count). The SMILES string of the molecule is CC(C)c1cc(C2(O)CCC2)ccc1F. The Morgan fingerprint density at radius 3 is 2.47 bits per heavy atom. The topological polar surface area (TPSA) is 20.2 Å². The Morgan fingerprint density at radius 2 is 2.00 bits per heavy atom. The van der Waals surface area contributed by atoms with E-state index in [4.69, 9.17) is 0 Å². The molecule has 0 unspecified atom stereocenters. The van der Waals surface area contributed by atoms with Crippen LogP contribution in [0.5, 0.6) is 0 Å². The van der Waals surface area contributed by atoms with E-state index in [1.807, 2.05) is 19.9 Å². The van der Waals surface area contributed by atoms with E-state index in [0.717, 1.165) is 24.8 Å². The molecule has 1 fully saturated rings. The van der Waals surface area contributed by atoms with Crippen molar-refractivity contribution in [3.63, 3.8) is 0 Å². The number of hydrogen-bond donors (Lipinski definition) is 1. The molecule has 1 nitrogen and oxygen atoms in total. The van der Waals surface area contributed by atoms with Crippen LogP contribution in [0.25, 0.3) is 0 Å². The van der Waals surface area contributed by atoms with Crippen molar-refractivity contribution in [1.29, 1.82) is 0 Å². The molecule has 0 aromatic heterocycles. The van der Waals surface area contributed by atoms with Gasteiger partial charge in [-0.05, 0) is 48.4 Å². The summed E-state index contributed by atoms with van der Waals surface area (Å²) in [5, 5.41) is 10.2. The predicted molar refractivity (Wildman–Crippen MR) is 58.2 cm³/mol. The van der Waals surface area contributed by atoms with Gasteiger partial charge >= 0.3 is 0 Å². The van der Waals surface area contributed by atoms with Gasteiger partial charge in [0.05, 0.1) is 5.60 Å². The third-order valence-electron chi connectivity index (χ3n) is 3.34. The third kappa shape index (κ3) is 1.78. The number of halogens is 1. The molecule has 0 amide bonds. The van der Waals surface area contributed by atoms with E-state index in [1.165, 1.54) is 6.07 Å². The average Bonchev–Trinajstić information content (AvgIpc) is 2.14. The van der Waals surface area contributed by atoms with Gasteiger partial charge in [-0.1, -0.05) is 19.9 Å². The first kappa shape index (κ1) is 10.6. The zero-order valence-electron chi connectivity index (χ0n) is 9.26. The molecular formula is C13H17FO. The molecule has 82 valence electrons. The van der Waals surface area contributed by atoms with Crippen molar-refractivity contribution in [3.05, 3.63) is 35.1 Å². The van der Waals surface area contributed by atoms with Crippen LogP contribution in [-0.4, -0.2) is 5.11 Å². The minimum atomic E-state index is -0.683. The molecule has 1 saturated carbocycles. The Hall–Kier alpha value is -0.890. The lowest BCUT2D eigenvalue weighted by Crippen LogP contribution is -2.33. The molecule has 1 N–H and O–H groups in total. The highest BCUT2D eigenvalue weighted by Gasteiger charge is 2.36. The van der Waals surface area contributed by atoms with Crippen LogP contribution in [0, 0.1) is 5.82 Å². The Balaban J connectivity index is 2.38. The fourth-order valence-electron chi connectivity index (χ4n) is 2.08. The summed E-state index contributed by atoms with van der Waals surface area (Å²) < 4.78 is 13.4. The van der Waals surface area contributed by atoms with Crippen LogP contribution in [0.15, 0.2) is 18.2 Å². The molecular weight excluding hydrogens is 191 g/mol. The maximum absolute atomic E-state index is 13.4. The van der Waals surface area contributed by atoms with Crippen molar-refractivity contribution in [2.45, 2.75) is 44.6 Å². The van der Waals surface area contributed by atoms with Crippen molar-refractivity contribution in [1.82, 2.24) is 0 Å². The van der Waals surface area contributed by atoms with Gasteiger partial charge in [-0.3, -0.25) is 0 Å². The summed E-state index contributed by atoms with van der Waals surface area (Å²) in [5.41, 5.74) is 0.892. The largest absolute Gasteiger partial charge is 0.385 e. The smallest absolute Gasteiger partial charge is 0.126 e. The average molecular weight is 208 g/mol. The molecule has 1 aromatic carbocycles. The van der Waals surface area contributed by atoms with Gasteiger partial charge in [0, 0.05) is 0 Å². The lowest BCUT2D eigenvalue weighted by molar-refractivity contribution is -0.0389. The molecule has 0 aliphatic heterocycles. The van der Waals surface area contributed by atoms with E-state index in [9.17, 15) is 9.50 Å². The monoisotopic (exact) mass is 208 g/mol.